The van der Waals surface area contributed by atoms with Crippen LogP contribution in [0.4, 0.5) is 17.1 Å². The Hall–Kier alpha value is -7.82. The van der Waals surface area contributed by atoms with Crippen LogP contribution in [0.2, 0.25) is 0 Å². The summed E-state index contributed by atoms with van der Waals surface area (Å²) >= 11 is 0. The zero-order valence-corrected chi connectivity index (χ0v) is 31.3. The molecule has 4 heteroatoms. The average molecular weight is 743 g/mol. The maximum Gasteiger partial charge on any atom is 0.137 e. The van der Waals surface area contributed by atoms with E-state index in [9.17, 15) is 0 Å². The van der Waals surface area contributed by atoms with Gasteiger partial charge in [-0.1, -0.05) is 133 Å². The molecule has 0 bridgehead atoms. The van der Waals surface area contributed by atoms with Crippen LogP contribution in [0.1, 0.15) is 0 Å². The van der Waals surface area contributed by atoms with Crippen molar-refractivity contribution >= 4 is 82.7 Å². The Morgan fingerprint density at radius 2 is 0.879 bits per heavy atom. The van der Waals surface area contributed by atoms with Crippen molar-refractivity contribution in [2.24, 2.45) is 0 Å². The fraction of sp³-hybridized carbons (Fsp3) is 0. The lowest BCUT2D eigenvalue weighted by Gasteiger charge is -2.26. The fourth-order valence-electron chi connectivity index (χ4n) is 9.06. The lowest BCUT2D eigenvalue weighted by atomic mass is 9.93. The lowest BCUT2D eigenvalue weighted by Crippen LogP contribution is -2.10. The number of benzene rings is 9. The van der Waals surface area contributed by atoms with Crippen LogP contribution in [0.3, 0.4) is 0 Å². The Morgan fingerprint density at radius 1 is 0.345 bits per heavy atom. The number of hydrogen-bond donors (Lipinski definition) is 0. The Labute approximate surface area is 334 Å². The first-order valence-corrected chi connectivity index (χ1v) is 19.7. The number of anilines is 3. The van der Waals surface area contributed by atoms with Gasteiger partial charge in [-0.05, 0) is 83.4 Å². The van der Waals surface area contributed by atoms with Crippen LogP contribution in [0, 0.1) is 0 Å². The molecule has 0 radical (unpaired) electrons. The van der Waals surface area contributed by atoms with Crippen molar-refractivity contribution in [3.8, 4) is 27.9 Å². The molecule has 272 valence electrons. The van der Waals surface area contributed by atoms with E-state index in [2.05, 4.69) is 191 Å². The van der Waals surface area contributed by atoms with Gasteiger partial charge in [0.1, 0.15) is 22.3 Å². The second-order valence-corrected chi connectivity index (χ2v) is 14.8. The van der Waals surface area contributed by atoms with Crippen LogP contribution in [0.5, 0.6) is 0 Å². The first kappa shape index (κ1) is 32.4. The third-order valence-electron chi connectivity index (χ3n) is 11.6. The van der Waals surface area contributed by atoms with Gasteiger partial charge >= 0.3 is 0 Å². The van der Waals surface area contributed by atoms with Crippen molar-refractivity contribution in [1.29, 1.82) is 0 Å². The molecular formula is C54H34N2O2. The molecule has 58 heavy (non-hydrogen) atoms. The first-order valence-electron chi connectivity index (χ1n) is 19.7. The monoisotopic (exact) mass is 742 g/mol. The molecule has 0 amide bonds. The van der Waals surface area contributed by atoms with Gasteiger partial charge in [-0.2, -0.15) is 0 Å². The maximum absolute atomic E-state index is 6.43. The minimum Gasteiger partial charge on any atom is -0.456 e. The summed E-state index contributed by atoms with van der Waals surface area (Å²) in [6.07, 6.45) is 0. The van der Waals surface area contributed by atoms with Crippen molar-refractivity contribution in [2.45, 2.75) is 0 Å². The molecule has 0 spiro atoms. The number of hydrogen-bond acceptors (Lipinski definition) is 3. The minimum atomic E-state index is 0.848. The van der Waals surface area contributed by atoms with Gasteiger partial charge in [0.15, 0.2) is 0 Å². The molecule has 12 rings (SSSR count). The van der Waals surface area contributed by atoms with E-state index in [1.807, 2.05) is 24.3 Å². The van der Waals surface area contributed by atoms with Gasteiger partial charge < -0.3 is 18.3 Å². The average Bonchev–Trinajstić information content (AvgIpc) is 3.96. The summed E-state index contributed by atoms with van der Waals surface area (Å²) in [6, 6.07) is 73.2. The van der Waals surface area contributed by atoms with E-state index in [-0.39, 0.29) is 0 Å². The standard InChI is InChI=1S/C54H34N2O2/c1-2-15-39(40-16-3-8-21-46(40)56-47-22-9-4-17-41(47)42-18-5-10-23-48(42)56)38(14-1)35-28-30-36(31-29-35)55(37-32-33-44-43-19-6-11-25-50(43)58-53(44)34-37)49-24-13-27-52-54(49)45-20-7-12-26-51(45)57-52/h1-34H. The van der Waals surface area contributed by atoms with E-state index in [4.69, 9.17) is 8.83 Å². The molecule has 0 atom stereocenters. The normalized spacial score (nSPS) is 11.8. The number of furan rings is 2. The van der Waals surface area contributed by atoms with Crippen molar-refractivity contribution < 1.29 is 8.83 Å². The molecule has 0 saturated heterocycles. The highest BCUT2D eigenvalue weighted by molar-refractivity contribution is 6.14. The Kier molecular flexibility index (Phi) is 7.20. The van der Waals surface area contributed by atoms with Crippen LogP contribution >= 0.6 is 0 Å². The fourth-order valence-corrected chi connectivity index (χ4v) is 9.06. The molecular weight excluding hydrogens is 709 g/mol. The van der Waals surface area contributed by atoms with E-state index in [1.165, 1.54) is 38.5 Å². The lowest BCUT2D eigenvalue weighted by molar-refractivity contribution is 0.669. The van der Waals surface area contributed by atoms with Gasteiger partial charge in [-0.15, -0.1) is 0 Å². The van der Waals surface area contributed by atoms with Gasteiger partial charge in [-0.25, -0.2) is 0 Å². The largest absolute Gasteiger partial charge is 0.456 e. The summed E-state index contributed by atoms with van der Waals surface area (Å²) in [5, 5.41) is 6.86. The topological polar surface area (TPSA) is 34.5 Å². The third-order valence-corrected chi connectivity index (χ3v) is 11.6. The number of fused-ring (bicyclic) bond motifs is 9. The maximum atomic E-state index is 6.43. The molecule has 3 heterocycles. The van der Waals surface area contributed by atoms with Crippen molar-refractivity contribution in [3.05, 3.63) is 206 Å². The van der Waals surface area contributed by atoms with E-state index in [1.54, 1.807) is 0 Å². The SMILES string of the molecule is c1ccc(-c2ccccc2-n2c3ccccc3c3ccccc32)c(-c2ccc(N(c3ccc4c(c3)oc3ccccc34)c3cccc4oc5ccccc5c34)cc2)c1. The summed E-state index contributed by atoms with van der Waals surface area (Å²) in [7, 11) is 0. The summed E-state index contributed by atoms with van der Waals surface area (Å²) in [5.41, 5.74) is 14.7. The number of aromatic nitrogens is 1. The summed E-state index contributed by atoms with van der Waals surface area (Å²) in [6.45, 7) is 0. The molecule has 0 unspecified atom stereocenters. The molecule has 0 aliphatic carbocycles. The van der Waals surface area contributed by atoms with Crippen LogP contribution < -0.4 is 4.90 Å². The third kappa shape index (κ3) is 4.95. The zero-order valence-electron chi connectivity index (χ0n) is 31.3. The Balaban J connectivity index is 1.02. The summed E-state index contributed by atoms with van der Waals surface area (Å²) in [5.74, 6) is 0. The molecule has 9 aromatic carbocycles. The summed E-state index contributed by atoms with van der Waals surface area (Å²) < 4.78 is 15.2. The van der Waals surface area contributed by atoms with Crippen molar-refractivity contribution in [1.82, 2.24) is 4.57 Å². The molecule has 0 fully saturated rings. The van der Waals surface area contributed by atoms with Crippen LogP contribution in [-0.2, 0) is 0 Å². The van der Waals surface area contributed by atoms with Crippen molar-refractivity contribution in [2.75, 3.05) is 4.90 Å². The zero-order chi connectivity index (χ0) is 38.2. The van der Waals surface area contributed by atoms with E-state index >= 15 is 0 Å². The van der Waals surface area contributed by atoms with Crippen LogP contribution in [-0.4, -0.2) is 4.57 Å². The van der Waals surface area contributed by atoms with E-state index < -0.39 is 0 Å². The minimum absolute atomic E-state index is 0.848. The van der Waals surface area contributed by atoms with Gasteiger partial charge in [-0.3, -0.25) is 0 Å². The van der Waals surface area contributed by atoms with E-state index in [0.717, 1.165) is 72.2 Å². The van der Waals surface area contributed by atoms with Crippen LogP contribution in [0.15, 0.2) is 215 Å². The number of rotatable bonds is 6. The van der Waals surface area contributed by atoms with Gasteiger partial charge in [0.25, 0.3) is 0 Å². The molecule has 0 aliphatic heterocycles. The predicted molar refractivity (Wildman–Crippen MR) is 241 cm³/mol. The van der Waals surface area contributed by atoms with Crippen LogP contribution in [0.25, 0.3) is 93.6 Å². The molecule has 0 N–H and O–H groups in total. The van der Waals surface area contributed by atoms with E-state index in [0.29, 0.717) is 0 Å². The van der Waals surface area contributed by atoms with Gasteiger partial charge in [0.2, 0.25) is 0 Å². The predicted octanol–water partition coefficient (Wildman–Crippen LogP) is 15.4. The van der Waals surface area contributed by atoms with Gasteiger partial charge in [0.05, 0.1) is 27.8 Å². The second-order valence-electron chi connectivity index (χ2n) is 14.8. The van der Waals surface area contributed by atoms with Crippen molar-refractivity contribution in [3.63, 3.8) is 0 Å². The van der Waals surface area contributed by atoms with Gasteiger partial charge in [0, 0.05) is 49.9 Å². The smallest absolute Gasteiger partial charge is 0.137 e. The first-order chi connectivity index (χ1) is 28.8. The summed E-state index contributed by atoms with van der Waals surface area (Å²) in [4.78, 5) is 2.32. The molecule has 3 aromatic heterocycles. The number of nitrogens with zero attached hydrogens (tertiary/aromatic N) is 2. The highest BCUT2D eigenvalue weighted by Gasteiger charge is 2.22. The molecule has 0 saturated carbocycles. The quantitative estimate of drug-likeness (QED) is 0.170. The molecule has 0 aliphatic rings. The Morgan fingerprint density at radius 3 is 1.64 bits per heavy atom. The highest BCUT2D eigenvalue weighted by atomic mass is 16.3. The second kappa shape index (κ2) is 12.9. The molecule has 4 nitrogen and oxygen atoms in total. The highest BCUT2D eigenvalue weighted by Crippen LogP contribution is 2.45. The molecule has 12 aromatic rings. The number of para-hydroxylation sites is 5. The Bertz CT molecular complexity index is 3480.